The summed E-state index contributed by atoms with van der Waals surface area (Å²) in [4.78, 5) is 19.4. The van der Waals surface area contributed by atoms with Crippen molar-refractivity contribution in [1.29, 1.82) is 0 Å². The lowest BCUT2D eigenvalue weighted by molar-refractivity contribution is 0.266. The van der Waals surface area contributed by atoms with Crippen molar-refractivity contribution in [3.05, 3.63) is 57.4 Å². The average Bonchev–Trinajstić information content (AvgIpc) is 2.96. The number of rotatable bonds is 4. The molecule has 1 saturated carbocycles. The van der Waals surface area contributed by atoms with E-state index < -0.39 is 0 Å². The first-order valence-corrected chi connectivity index (χ1v) is 8.46. The van der Waals surface area contributed by atoms with Crippen molar-refractivity contribution in [2.45, 2.75) is 25.8 Å². The van der Waals surface area contributed by atoms with Gasteiger partial charge in [-0.2, -0.15) is 5.10 Å². The van der Waals surface area contributed by atoms with E-state index in [1.54, 1.807) is 24.3 Å². The Kier molecular flexibility index (Phi) is 3.94. The first-order chi connectivity index (χ1) is 11.7. The quantitative estimate of drug-likeness (QED) is 0.786. The minimum atomic E-state index is -0.231. The highest BCUT2D eigenvalue weighted by Gasteiger charge is 2.17. The Morgan fingerprint density at radius 1 is 1.33 bits per heavy atom. The smallest absolute Gasteiger partial charge is 0.260 e. The summed E-state index contributed by atoms with van der Waals surface area (Å²) in [5.74, 6) is 1.27. The number of aromatic amines is 1. The van der Waals surface area contributed by atoms with Crippen LogP contribution >= 0.6 is 11.6 Å². The number of nitrogens with zero attached hydrogens (tertiary/aromatic N) is 3. The molecular weight excluding hydrogens is 324 g/mol. The molecule has 0 atom stereocenters. The number of H-pyrrole nitrogens is 1. The second-order valence-electron chi connectivity index (χ2n) is 6.21. The molecule has 0 spiro atoms. The summed E-state index contributed by atoms with van der Waals surface area (Å²) in [5.41, 5.74) is 1.35. The normalized spacial score (nSPS) is 15.2. The van der Waals surface area contributed by atoms with Crippen molar-refractivity contribution in [3.63, 3.8) is 0 Å². The van der Waals surface area contributed by atoms with Gasteiger partial charge < -0.3 is 4.98 Å². The second kappa shape index (κ2) is 6.24. The lowest BCUT2D eigenvalue weighted by Crippen LogP contribution is -2.18. The van der Waals surface area contributed by atoms with Crippen LogP contribution in [0.5, 0.6) is 0 Å². The first-order valence-electron chi connectivity index (χ1n) is 8.08. The van der Waals surface area contributed by atoms with Crippen LogP contribution < -0.4 is 5.56 Å². The van der Waals surface area contributed by atoms with Crippen LogP contribution in [0.25, 0.3) is 23.1 Å². The molecule has 1 aromatic carbocycles. The van der Waals surface area contributed by atoms with Gasteiger partial charge in [-0.1, -0.05) is 24.1 Å². The van der Waals surface area contributed by atoms with Gasteiger partial charge in [0.05, 0.1) is 22.1 Å². The van der Waals surface area contributed by atoms with Gasteiger partial charge in [-0.05, 0) is 43.0 Å². The Labute approximate surface area is 144 Å². The molecule has 0 amide bonds. The summed E-state index contributed by atoms with van der Waals surface area (Å²) in [6.45, 7) is 0.984. The van der Waals surface area contributed by atoms with Gasteiger partial charge in [0.25, 0.3) is 5.56 Å². The molecule has 0 aliphatic heterocycles. The van der Waals surface area contributed by atoms with Gasteiger partial charge in [0.2, 0.25) is 0 Å². The molecule has 0 saturated heterocycles. The molecule has 2 heterocycles. The fourth-order valence-corrected chi connectivity index (χ4v) is 3.18. The van der Waals surface area contributed by atoms with Crippen LogP contribution in [0.15, 0.2) is 35.4 Å². The van der Waals surface area contributed by atoms with E-state index >= 15 is 0 Å². The third kappa shape index (κ3) is 2.99. The minimum absolute atomic E-state index is 0.231. The Morgan fingerprint density at radius 3 is 3.00 bits per heavy atom. The number of halogens is 1. The second-order valence-corrected chi connectivity index (χ2v) is 6.62. The highest BCUT2D eigenvalue weighted by Crippen LogP contribution is 2.27. The third-order valence-corrected chi connectivity index (χ3v) is 4.77. The van der Waals surface area contributed by atoms with Crippen LogP contribution in [0.4, 0.5) is 0 Å². The van der Waals surface area contributed by atoms with Crippen molar-refractivity contribution in [3.8, 4) is 0 Å². The predicted molar refractivity (Wildman–Crippen MR) is 95.9 cm³/mol. The van der Waals surface area contributed by atoms with Crippen LogP contribution in [-0.2, 0) is 6.54 Å². The van der Waals surface area contributed by atoms with E-state index in [0.29, 0.717) is 21.7 Å². The fourth-order valence-electron chi connectivity index (χ4n) is 2.93. The van der Waals surface area contributed by atoms with Crippen molar-refractivity contribution in [2.75, 3.05) is 0 Å². The number of benzene rings is 1. The summed E-state index contributed by atoms with van der Waals surface area (Å²) >= 11 is 6.06. The lowest BCUT2D eigenvalue weighted by atomic mass is 9.85. The number of fused-ring (bicyclic) bond motifs is 1. The molecule has 1 fully saturated rings. The minimum Gasteiger partial charge on any atom is -0.306 e. The van der Waals surface area contributed by atoms with Gasteiger partial charge in [0.15, 0.2) is 0 Å². The van der Waals surface area contributed by atoms with Gasteiger partial charge in [-0.3, -0.25) is 9.48 Å². The maximum atomic E-state index is 12.2. The van der Waals surface area contributed by atoms with Crippen LogP contribution in [0, 0.1) is 5.92 Å². The average molecular weight is 341 g/mol. The molecule has 0 radical (unpaired) electrons. The standard InChI is InChI=1S/C18H17ClN4O/c19-14-5-2-6-15-17(14)18(24)22-16(21-15)8-7-13-9-20-23(11-13)10-12-3-1-4-12/h2,5-9,11-12H,1,3-4,10H2,(H,21,22,24)/b8-7+. The molecule has 2 aromatic heterocycles. The van der Waals surface area contributed by atoms with Crippen molar-refractivity contribution >= 4 is 34.7 Å². The zero-order chi connectivity index (χ0) is 16.5. The highest BCUT2D eigenvalue weighted by molar-refractivity contribution is 6.35. The molecule has 1 aliphatic rings. The molecule has 122 valence electrons. The highest BCUT2D eigenvalue weighted by atomic mass is 35.5. The summed E-state index contributed by atoms with van der Waals surface area (Å²) < 4.78 is 1.99. The number of aromatic nitrogens is 4. The van der Waals surface area contributed by atoms with Crippen molar-refractivity contribution < 1.29 is 0 Å². The molecule has 4 rings (SSSR count). The number of hydrogen-bond acceptors (Lipinski definition) is 3. The third-order valence-electron chi connectivity index (χ3n) is 4.46. The molecule has 0 unspecified atom stereocenters. The molecule has 1 aliphatic carbocycles. The van der Waals surface area contributed by atoms with E-state index in [2.05, 4.69) is 15.1 Å². The Balaban J connectivity index is 1.57. The fraction of sp³-hybridized carbons (Fsp3) is 0.278. The molecule has 3 aromatic rings. The zero-order valence-corrected chi connectivity index (χ0v) is 13.8. The maximum Gasteiger partial charge on any atom is 0.260 e. The van der Waals surface area contributed by atoms with Crippen LogP contribution in [0.2, 0.25) is 5.02 Å². The van der Waals surface area contributed by atoms with E-state index in [1.165, 1.54) is 19.3 Å². The van der Waals surface area contributed by atoms with Gasteiger partial charge >= 0.3 is 0 Å². The number of hydrogen-bond donors (Lipinski definition) is 1. The largest absolute Gasteiger partial charge is 0.306 e. The molecule has 24 heavy (non-hydrogen) atoms. The Morgan fingerprint density at radius 2 is 2.21 bits per heavy atom. The molecule has 0 bridgehead atoms. The predicted octanol–water partition coefficient (Wildman–Crippen LogP) is 3.74. The van der Waals surface area contributed by atoms with Gasteiger partial charge in [0.1, 0.15) is 5.82 Å². The van der Waals surface area contributed by atoms with E-state index in [9.17, 15) is 4.79 Å². The first kappa shape index (κ1) is 15.1. The SMILES string of the molecule is O=c1[nH]c(/C=C/c2cnn(CC3CCC3)c2)nc2cccc(Cl)c12. The summed E-state index contributed by atoms with van der Waals surface area (Å²) in [6, 6.07) is 5.26. The molecule has 1 N–H and O–H groups in total. The van der Waals surface area contributed by atoms with Gasteiger partial charge in [-0.15, -0.1) is 0 Å². The van der Waals surface area contributed by atoms with Crippen LogP contribution in [0.3, 0.4) is 0 Å². The van der Waals surface area contributed by atoms with E-state index in [4.69, 9.17) is 11.6 Å². The lowest BCUT2D eigenvalue weighted by Gasteiger charge is -2.24. The molecular formula is C18H17ClN4O. The Bertz CT molecular complexity index is 969. The summed E-state index contributed by atoms with van der Waals surface area (Å²) in [7, 11) is 0. The van der Waals surface area contributed by atoms with Crippen molar-refractivity contribution in [1.82, 2.24) is 19.7 Å². The van der Waals surface area contributed by atoms with Crippen LogP contribution in [-0.4, -0.2) is 19.7 Å². The van der Waals surface area contributed by atoms with E-state index in [-0.39, 0.29) is 5.56 Å². The monoisotopic (exact) mass is 340 g/mol. The summed E-state index contributed by atoms with van der Waals surface area (Å²) in [5, 5.41) is 5.22. The zero-order valence-electron chi connectivity index (χ0n) is 13.1. The molecule has 6 heteroatoms. The summed E-state index contributed by atoms with van der Waals surface area (Å²) in [6.07, 6.45) is 11.5. The maximum absolute atomic E-state index is 12.2. The Hall–Kier alpha value is -2.40. The number of nitrogens with one attached hydrogen (secondary N) is 1. The molecule has 5 nitrogen and oxygen atoms in total. The topological polar surface area (TPSA) is 63.6 Å². The van der Waals surface area contributed by atoms with Crippen molar-refractivity contribution in [2.24, 2.45) is 5.92 Å². The van der Waals surface area contributed by atoms with Gasteiger partial charge in [0, 0.05) is 18.3 Å². The van der Waals surface area contributed by atoms with Gasteiger partial charge in [-0.25, -0.2) is 4.98 Å². The van der Waals surface area contributed by atoms with E-state index in [1.807, 2.05) is 23.2 Å². The van der Waals surface area contributed by atoms with E-state index in [0.717, 1.165) is 18.0 Å². The van der Waals surface area contributed by atoms with Crippen LogP contribution in [0.1, 0.15) is 30.7 Å².